The predicted molar refractivity (Wildman–Crippen MR) is 545 cm³/mol. The molecule has 0 radical (unpaired) electrons. The molecule has 0 aliphatic carbocycles. The molecule has 0 bridgehead atoms. The number of esters is 4. The monoisotopic (exact) mass is 2090 g/mol. The molecule has 2 aliphatic rings. The molecule has 0 saturated carbocycles. The molecule has 44 nitrogen and oxygen atoms in total. The van der Waals surface area contributed by atoms with Crippen molar-refractivity contribution in [2.75, 3.05) is 120 Å². The average Bonchev–Trinajstić information content (AvgIpc) is 1.51. The number of nitrogens with two attached hydrogens (primary N) is 1. The number of pyridine rings is 1. The van der Waals surface area contributed by atoms with Gasteiger partial charge >= 0.3 is 41.8 Å². The summed E-state index contributed by atoms with van der Waals surface area (Å²) in [7, 11) is -7.08. The molecule has 760 valence electrons. The molecule has 1 unspecified atom stereocenters. The third-order valence-electron chi connectivity index (χ3n) is 21.4. The van der Waals surface area contributed by atoms with Crippen molar-refractivity contribution in [3.05, 3.63) is 216 Å². The number of carbonyl (C=O) groups excluding carboxylic acids is 6. The number of aliphatic hydroxyl groups excluding tert-OH is 1. The number of primary sulfonamides is 1. The van der Waals surface area contributed by atoms with Gasteiger partial charge in [-0.15, -0.1) is 0 Å². The second-order valence-electron chi connectivity index (χ2n) is 32.0. The Morgan fingerprint density at radius 1 is 0.455 bits per heavy atom. The maximum absolute atomic E-state index is 12.6. The topological polar surface area (TPSA) is 615 Å². The molecule has 0 spiro atoms. The zero-order valence-corrected chi connectivity index (χ0v) is 85.0. The van der Waals surface area contributed by atoms with Gasteiger partial charge in [0.15, 0.2) is 36.1 Å². The van der Waals surface area contributed by atoms with Gasteiger partial charge in [-0.2, -0.15) is 19.9 Å². The summed E-state index contributed by atoms with van der Waals surface area (Å²) in [5.41, 5.74) is 8.12. The van der Waals surface area contributed by atoms with Crippen molar-refractivity contribution in [2.24, 2.45) is 11.1 Å². The number of amides is 1. The van der Waals surface area contributed by atoms with Gasteiger partial charge in [-0.05, 0) is 152 Å². The molecule has 15 rings (SSSR count). The van der Waals surface area contributed by atoms with Crippen molar-refractivity contribution >= 4 is 186 Å². The normalized spacial score (nSPS) is 12.9. The van der Waals surface area contributed by atoms with Crippen LogP contribution in [-0.2, 0) is 61.5 Å². The van der Waals surface area contributed by atoms with E-state index in [2.05, 4.69) is 96.5 Å². The van der Waals surface area contributed by atoms with Gasteiger partial charge in [-0.3, -0.25) is 40.6 Å². The minimum Gasteiger partial charge on any atom is -0.481 e. The first kappa shape index (κ1) is 108. The highest BCUT2D eigenvalue weighted by molar-refractivity contribution is 7.90. The molecule has 13 aromatic rings. The molecular weight excluding hydrogens is 1990 g/mol. The van der Waals surface area contributed by atoms with Crippen molar-refractivity contribution in [2.45, 2.75) is 117 Å². The summed E-state index contributed by atoms with van der Waals surface area (Å²) < 4.78 is 66.6. The van der Waals surface area contributed by atoms with Gasteiger partial charge in [0, 0.05) is 132 Å². The Balaban J connectivity index is 0.000000172. The Bertz CT molecular complexity index is 7080. The number of sulfonamides is 1. The highest BCUT2D eigenvalue weighted by atomic mass is 32.2. The molecule has 9 aromatic heterocycles. The van der Waals surface area contributed by atoms with Crippen LogP contribution in [0.1, 0.15) is 171 Å². The first-order valence-electron chi connectivity index (χ1n) is 45.1. The summed E-state index contributed by atoms with van der Waals surface area (Å²) in [4.78, 5) is 172. The Morgan fingerprint density at radius 2 is 0.862 bits per heavy atom. The van der Waals surface area contributed by atoms with Crippen molar-refractivity contribution < 1.29 is 99.4 Å². The van der Waals surface area contributed by atoms with E-state index in [9.17, 15) is 75.3 Å². The minimum atomic E-state index is -3.82. The molecule has 1 amide bonds. The van der Waals surface area contributed by atoms with E-state index in [1.807, 2.05) is 29.2 Å². The largest absolute Gasteiger partial charge is 0.481 e. The van der Waals surface area contributed by atoms with Crippen LogP contribution in [-0.4, -0.2) is 239 Å². The third-order valence-corrected chi connectivity index (χ3v) is 27.6. The van der Waals surface area contributed by atoms with Crippen LogP contribution < -0.4 is 46.8 Å². The average molecular weight is 2100 g/mol. The smallest absolute Gasteiger partial charge is 0.350 e. The molecule has 11 heterocycles. The van der Waals surface area contributed by atoms with Crippen LogP contribution >= 0.6 is 45.3 Å². The lowest BCUT2D eigenvalue weighted by Crippen LogP contribution is -2.37. The molecule has 50 heteroatoms. The van der Waals surface area contributed by atoms with E-state index < -0.39 is 67.4 Å². The van der Waals surface area contributed by atoms with E-state index in [0.717, 1.165) is 82.1 Å². The van der Waals surface area contributed by atoms with Gasteiger partial charge in [-0.1, -0.05) is 93.9 Å². The molecule has 145 heavy (non-hydrogen) atoms. The number of hydrogen-bond acceptors (Lipinski definition) is 43. The molecular formula is C95H103N23O21S6. The quantitative estimate of drug-likeness (QED) is 0.00987. The summed E-state index contributed by atoms with van der Waals surface area (Å²) in [6.07, 6.45) is 6.63. The van der Waals surface area contributed by atoms with Gasteiger partial charge in [0.05, 0.1) is 93.6 Å². The number of piperidine rings is 1. The van der Waals surface area contributed by atoms with E-state index in [4.69, 9.17) is 39.2 Å². The highest BCUT2D eigenvalue weighted by Gasteiger charge is 2.29. The molecule has 12 N–H and O–H groups in total. The van der Waals surface area contributed by atoms with Gasteiger partial charge in [-0.25, -0.2) is 90.6 Å². The molecule has 2 saturated heterocycles. The third kappa shape index (κ3) is 30.8. The van der Waals surface area contributed by atoms with E-state index in [1.54, 1.807) is 141 Å². The number of aliphatic hydroxyl groups is 1. The number of Topliss-reactive ketones (excluding diaryl/α,β-unsaturated/α-hetero) is 1. The van der Waals surface area contributed by atoms with Crippen molar-refractivity contribution in [1.82, 2.24) is 69.7 Å². The Hall–Kier alpha value is -15.5. The number of hydrogen-bond donors (Lipinski definition) is 11. The fraction of sp³-hybridized carbons (Fsp3) is 0.305. The van der Waals surface area contributed by atoms with Crippen LogP contribution in [0, 0.1) is 33.6 Å². The summed E-state index contributed by atoms with van der Waals surface area (Å²) in [6, 6.07) is 36.1. The maximum Gasteiger partial charge on any atom is 0.350 e. The van der Waals surface area contributed by atoms with Crippen molar-refractivity contribution in [3.8, 4) is 33.8 Å². The lowest BCUT2D eigenvalue weighted by Gasteiger charge is -2.33. The molecule has 2 aliphatic heterocycles. The number of aromatic carboxylic acids is 2. The molecule has 1 atom stereocenters. The van der Waals surface area contributed by atoms with E-state index in [1.165, 1.54) is 60.1 Å². The van der Waals surface area contributed by atoms with Crippen LogP contribution in [0.3, 0.4) is 0 Å². The molecule has 2 fully saturated rings. The highest BCUT2D eigenvalue weighted by Crippen LogP contribution is 2.36. The van der Waals surface area contributed by atoms with E-state index >= 15 is 0 Å². The van der Waals surface area contributed by atoms with Gasteiger partial charge < -0.3 is 64.7 Å². The minimum absolute atomic E-state index is 0.00240. The second kappa shape index (κ2) is 50.5. The predicted octanol–water partition coefficient (Wildman–Crippen LogP) is 14.0. The Labute approximate surface area is 848 Å². The maximum atomic E-state index is 12.6. The number of aromatic nitrogens is 13. The Morgan fingerprint density at radius 3 is 1.26 bits per heavy atom. The summed E-state index contributed by atoms with van der Waals surface area (Å²) in [5, 5.41) is 62.3. The number of anilines is 12. The fourth-order valence-corrected chi connectivity index (χ4v) is 18.7. The van der Waals surface area contributed by atoms with Crippen LogP contribution in [0.2, 0.25) is 0 Å². The number of rotatable bonds is 36. The molecule has 4 aromatic carbocycles. The number of nitrogens with one attached hydrogen (secondary N) is 6. The number of carboxylic acids is 3. The summed E-state index contributed by atoms with van der Waals surface area (Å²) in [6.45, 7) is 21.2. The number of benzene rings is 4. The number of aliphatic carboxylic acids is 1. The van der Waals surface area contributed by atoms with Crippen LogP contribution in [0.15, 0.2) is 156 Å². The van der Waals surface area contributed by atoms with Gasteiger partial charge in [0.25, 0.3) is 0 Å². The van der Waals surface area contributed by atoms with E-state index in [-0.39, 0.29) is 115 Å². The van der Waals surface area contributed by atoms with Crippen molar-refractivity contribution in [3.63, 3.8) is 0 Å². The summed E-state index contributed by atoms with van der Waals surface area (Å²) >= 11 is 4.52. The number of carbonyl (C=O) groups is 9. The number of thiazole rings is 4. The van der Waals surface area contributed by atoms with Crippen LogP contribution in [0.5, 0.6) is 0 Å². The number of ketones is 1. The van der Waals surface area contributed by atoms with Gasteiger partial charge in [0.2, 0.25) is 39.7 Å². The lowest BCUT2D eigenvalue weighted by atomic mass is 9.99. The van der Waals surface area contributed by atoms with Crippen LogP contribution in [0.25, 0.3) is 33.8 Å². The van der Waals surface area contributed by atoms with Gasteiger partial charge in [0.1, 0.15) is 48.5 Å². The standard InChI is InChI=1S/C25H28N6O5S.C24H24N6O4S2.C24H27N5O5S.C22H24N6O7S2/c1-4-36-23(35)21-15(2)26-25(37-21)29-24-27-19(17-6-8-18(9-7-17)22(33)34)14-20(28-24)31-11-5-10-30(12-13-31)16(3)32;1-4-34-22(31)21-15(2)27-24(35-21)30-23-28-19(17-6-5-11-25-14-17)12-20(29-23)26-13-16-7-9-18(10-8-16)36(3,32)33;1-3-34-22(33)20-14(2)25-24(35-20)28-23-26-18(16-6-8-17(9-7-16)21(31)32)11-19(27-23)29-10-4-5-15(12-29)13-30;1-3-35-20(32)19-12(2)25-22(36-19)28-21-26-15(16(29)8-9-18(30)31)10-17(27-21)24-11-13-4-6-14(7-5-13)37(23,33)34/h6-9,14H,4-5,10-13H2,1-3H3,(H,33,34)(H,26,27,28,29);5-12,14H,4,13H2,1-3H3,(H2,26,27,28,29,30);6-9,11,15,30H,3-5,10,12-13H2,1-2H3,(H,31,32)(H,25,26,27,28);4-7,10H,3,8-9,11H2,1-2H3,(H,30,31)(H2,23,33,34)(H2,24,25,26,27,28). The first-order chi connectivity index (χ1) is 69.3. The number of sulfone groups is 1. The van der Waals surface area contributed by atoms with Crippen LogP contribution in [0.4, 0.5) is 67.6 Å². The number of nitrogens with zero attached hydrogens (tertiary/aromatic N) is 16. The SMILES string of the molecule is CCOC(=O)c1sc(Nc2nc(-c3ccc(C(=O)O)cc3)cc(N3CCCC(CO)C3)n2)nc1C.CCOC(=O)c1sc(Nc2nc(-c3ccc(C(=O)O)cc3)cc(N3CCCN(C(C)=O)CC3)n2)nc1C.CCOC(=O)c1sc(Nc2nc(NCc3ccc(S(C)(=O)=O)cc3)cc(-c3cccnc3)n2)nc1C.CCOC(=O)c1sc(Nc2nc(NCc3ccc(S(N)(=O)=O)cc3)cc(C(=O)CCC(=O)O)n2)nc1C. The fourth-order valence-electron chi connectivity index (χ4n) is 14.2. The number of ether oxygens (including phenoxy) is 4. The zero-order valence-electron chi connectivity index (χ0n) is 80.1. The first-order valence-corrected chi connectivity index (χ1v) is 51.8. The van der Waals surface area contributed by atoms with E-state index in [0.29, 0.717) is 148 Å². The lowest BCUT2D eigenvalue weighted by molar-refractivity contribution is -0.137. The number of carboxylic acid groups (broad SMARTS) is 3. The Kier molecular flexibility index (Phi) is 37.7. The zero-order chi connectivity index (χ0) is 104. The van der Waals surface area contributed by atoms with Crippen molar-refractivity contribution in [1.29, 1.82) is 0 Å². The second-order valence-corrected chi connectivity index (χ2v) is 39.6. The number of aryl methyl sites for hydroxylation is 4. The summed E-state index contributed by atoms with van der Waals surface area (Å²) in [5.74, 6) is -2.20.